The van der Waals surface area contributed by atoms with E-state index in [-0.39, 0.29) is 36.2 Å². The summed E-state index contributed by atoms with van der Waals surface area (Å²) < 4.78 is 0. The minimum Gasteiger partial charge on any atom is -0.355 e. The van der Waals surface area contributed by atoms with E-state index in [1.54, 1.807) is 0 Å². The summed E-state index contributed by atoms with van der Waals surface area (Å²) in [5.41, 5.74) is 5.59. The molecular weight excluding hydrogens is 230 g/mol. The molecular formula is C10H18ClN3O2. The minimum atomic E-state index is -0.203. The molecule has 92 valence electrons. The highest BCUT2D eigenvalue weighted by Crippen LogP contribution is 2.32. The summed E-state index contributed by atoms with van der Waals surface area (Å²) in [6.45, 7) is 0.955. The maximum absolute atomic E-state index is 11.7. The fraction of sp³-hybridized carbons (Fsp3) is 0.800. The van der Waals surface area contributed by atoms with Crippen molar-refractivity contribution in [3.05, 3.63) is 0 Å². The van der Waals surface area contributed by atoms with Crippen LogP contribution in [-0.2, 0) is 9.59 Å². The van der Waals surface area contributed by atoms with Crippen LogP contribution in [0.3, 0.4) is 0 Å². The second kappa shape index (κ2) is 5.50. The molecule has 0 bridgehead atoms. The van der Waals surface area contributed by atoms with Crippen LogP contribution in [0.4, 0.5) is 0 Å². The van der Waals surface area contributed by atoms with Gasteiger partial charge in [0.25, 0.3) is 0 Å². The van der Waals surface area contributed by atoms with E-state index in [2.05, 4.69) is 10.6 Å². The first-order valence-corrected chi connectivity index (χ1v) is 5.48. The Hall–Kier alpha value is -0.810. The van der Waals surface area contributed by atoms with Gasteiger partial charge in [0.2, 0.25) is 11.8 Å². The van der Waals surface area contributed by atoms with E-state index in [0.29, 0.717) is 25.4 Å². The Morgan fingerprint density at radius 1 is 1.56 bits per heavy atom. The van der Waals surface area contributed by atoms with Crippen LogP contribution >= 0.6 is 12.4 Å². The van der Waals surface area contributed by atoms with E-state index < -0.39 is 0 Å². The number of hydrogen-bond donors (Lipinski definition) is 3. The molecule has 2 unspecified atom stereocenters. The SMILES string of the molecule is Cl.NCC(NC(=O)C1CNC(=O)C1)C1CC1. The highest BCUT2D eigenvalue weighted by molar-refractivity contribution is 5.89. The lowest BCUT2D eigenvalue weighted by atomic mass is 10.1. The summed E-state index contributed by atoms with van der Waals surface area (Å²) in [7, 11) is 0. The lowest BCUT2D eigenvalue weighted by Gasteiger charge is -2.18. The van der Waals surface area contributed by atoms with Gasteiger partial charge in [0.1, 0.15) is 0 Å². The van der Waals surface area contributed by atoms with Crippen molar-refractivity contribution >= 4 is 24.2 Å². The molecule has 0 aromatic carbocycles. The largest absolute Gasteiger partial charge is 0.355 e. The zero-order chi connectivity index (χ0) is 10.8. The molecule has 0 aromatic heterocycles. The topological polar surface area (TPSA) is 84.2 Å². The number of nitrogens with two attached hydrogens (primary N) is 1. The zero-order valence-electron chi connectivity index (χ0n) is 9.07. The van der Waals surface area contributed by atoms with Gasteiger partial charge in [-0.1, -0.05) is 0 Å². The van der Waals surface area contributed by atoms with Gasteiger partial charge in [0.05, 0.1) is 5.92 Å². The molecule has 6 heteroatoms. The van der Waals surface area contributed by atoms with Crippen molar-refractivity contribution in [1.82, 2.24) is 10.6 Å². The first-order valence-electron chi connectivity index (χ1n) is 5.48. The molecule has 5 nitrogen and oxygen atoms in total. The molecule has 16 heavy (non-hydrogen) atoms. The molecule has 1 heterocycles. The maximum atomic E-state index is 11.7. The second-order valence-corrected chi connectivity index (χ2v) is 4.39. The van der Waals surface area contributed by atoms with E-state index in [1.165, 1.54) is 0 Å². The van der Waals surface area contributed by atoms with Crippen molar-refractivity contribution in [3.63, 3.8) is 0 Å². The Morgan fingerprint density at radius 3 is 2.69 bits per heavy atom. The Morgan fingerprint density at radius 2 is 2.25 bits per heavy atom. The Balaban J connectivity index is 0.00000128. The molecule has 1 aliphatic heterocycles. The van der Waals surface area contributed by atoms with Crippen LogP contribution in [0.25, 0.3) is 0 Å². The summed E-state index contributed by atoms with van der Waals surface area (Å²) in [5, 5.41) is 5.59. The summed E-state index contributed by atoms with van der Waals surface area (Å²) in [6, 6.07) is 0.105. The maximum Gasteiger partial charge on any atom is 0.225 e. The highest BCUT2D eigenvalue weighted by atomic mass is 35.5. The zero-order valence-corrected chi connectivity index (χ0v) is 9.89. The minimum absolute atomic E-state index is 0. The number of amides is 2. The Bertz CT molecular complexity index is 281. The smallest absolute Gasteiger partial charge is 0.225 e. The third kappa shape index (κ3) is 3.09. The molecule has 4 N–H and O–H groups in total. The van der Waals surface area contributed by atoms with Gasteiger partial charge < -0.3 is 16.4 Å². The Kier molecular flexibility index (Phi) is 4.56. The van der Waals surface area contributed by atoms with Crippen LogP contribution in [0.2, 0.25) is 0 Å². The van der Waals surface area contributed by atoms with E-state index in [0.717, 1.165) is 12.8 Å². The molecule has 2 atom stereocenters. The van der Waals surface area contributed by atoms with Crippen molar-refractivity contribution in [1.29, 1.82) is 0 Å². The molecule has 1 aliphatic carbocycles. The fourth-order valence-electron chi connectivity index (χ4n) is 1.96. The summed E-state index contributed by atoms with van der Waals surface area (Å²) in [6.07, 6.45) is 2.63. The third-order valence-corrected chi connectivity index (χ3v) is 3.12. The second-order valence-electron chi connectivity index (χ2n) is 4.39. The summed E-state index contributed by atoms with van der Waals surface area (Å²) >= 11 is 0. The van der Waals surface area contributed by atoms with Crippen LogP contribution in [0.15, 0.2) is 0 Å². The molecule has 2 rings (SSSR count). The third-order valence-electron chi connectivity index (χ3n) is 3.12. The number of nitrogens with one attached hydrogen (secondary N) is 2. The van der Waals surface area contributed by atoms with Crippen LogP contribution in [0, 0.1) is 11.8 Å². The Labute approximate surface area is 101 Å². The molecule has 1 saturated carbocycles. The lowest BCUT2D eigenvalue weighted by molar-refractivity contribution is -0.127. The van der Waals surface area contributed by atoms with E-state index >= 15 is 0 Å². The van der Waals surface area contributed by atoms with E-state index in [4.69, 9.17) is 5.73 Å². The average molecular weight is 248 g/mol. The predicted octanol–water partition coefficient (Wildman–Crippen LogP) is -0.602. The lowest BCUT2D eigenvalue weighted by Crippen LogP contribution is -2.44. The van der Waals surface area contributed by atoms with Gasteiger partial charge in [-0.15, -0.1) is 12.4 Å². The number of halogens is 1. The van der Waals surface area contributed by atoms with Crippen LogP contribution in [0.5, 0.6) is 0 Å². The molecule has 2 amide bonds. The van der Waals surface area contributed by atoms with Crippen molar-refractivity contribution in [2.75, 3.05) is 13.1 Å². The van der Waals surface area contributed by atoms with Gasteiger partial charge in [0.15, 0.2) is 0 Å². The molecule has 0 spiro atoms. The van der Waals surface area contributed by atoms with Gasteiger partial charge in [-0.25, -0.2) is 0 Å². The van der Waals surface area contributed by atoms with Crippen molar-refractivity contribution in [2.24, 2.45) is 17.6 Å². The number of hydrogen-bond acceptors (Lipinski definition) is 3. The molecule has 2 aliphatic rings. The standard InChI is InChI=1S/C10H17N3O2.ClH/c11-4-8(6-1-2-6)13-10(15)7-3-9(14)12-5-7;/h6-8H,1-5,11H2,(H,12,14)(H,13,15);1H. The first-order chi connectivity index (χ1) is 7.20. The monoisotopic (exact) mass is 247 g/mol. The number of rotatable bonds is 4. The predicted molar refractivity (Wildman–Crippen MR) is 62.1 cm³/mol. The molecule has 2 fully saturated rings. The summed E-state index contributed by atoms with van der Waals surface area (Å²) in [4.78, 5) is 22.7. The van der Waals surface area contributed by atoms with Crippen molar-refractivity contribution in [3.8, 4) is 0 Å². The number of carbonyl (C=O) groups is 2. The highest BCUT2D eigenvalue weighted by Gasteiger charge is 2.34. The quantitative estimate of drug-likeness (QED) is 0.620. The van der Waals surface area contributed by atoms with Gasteiger partial charge in [-0.05, 0) is 18.8 Å². The fourth-order valence-corrected chi connectivity index (χ4v) is 1.96. The van der Waals surface area contributed by atoms with E-state index in [9.17, 15) is 9.59 Å². The van der Waals surface area contributed by atoms with Crippen molar-refractivity contribution < 1.29 is 9.59 Å². The molecule has 0 radical (unpaired) electrons. The normalized spacial score (nSPS) is 25.6. The van der Waals surface area contributed by atoms with E-state index in [1.807, 2.05) is 0 Å². The van der Waals surface area contributed by atoms with Gasteiger partial charge >= 0.3 is 0 Å². The first kappa shape index (κ1) is 13.3. The van der Waals surface area contributed by atoms with Crippen LogP contribution < -0.4 is 16.4 Å². The van der Waals surface area contributed by atoms with Crippen LogP contribution in [-0.4, -0.2) is 30.9 Å². The van der Waals surface area contributed by atoms with Gasteiger partial charge in [-0.2, -0.15) is 0 Å². The average Bonchev–Trinajstić information content (AvgIpc) is 2.97. The summed E-state index contributed by atoms with van der Waals surface area (Å²) in [5.74, 6) is 0.288. The van der Waals surface area contributed by atoms with Crippen LogP contribution in [0.1, 0.15) is 19.3 Å². The number of carbonyl (C=O) groups excluding carboxylic acids is 2. The molecule has 1 saturated heterocycles. The van der Waals surface area contributed by atoms with Gasteiger partial charge in [0, 0.05) is 25.6 Å². The van der Waals surface area contributed by atoms with Crippen molar-refractivity contribution in [2.45, 2.75) is 25.3 Å². The van der Waals surface area contributed by atoms with Gasteiger partial charge in [-0.3, -0.25) is 9.59 Å². The molecule has 0 aromatic rings.